The van der Waals surface area contributed by atoms with Crippen LogP contribution in [-0.4, -0.2) is 83.0 Å². The zero-order valence-corrected chi connectivity index (χ0v) is 20.4. The van der Waals surface area contributed by atoms with Crippen molar-refractivity contribution in [3.63, 3.8) is 0 Å². The number of rotatable bonds is 7. The van der Waals surface area contributed by atoms with Crippen LogP contribution in [0.4, 0.5) is 15.8 Å². The van der Waals surface area contributed by atoms with Gasteiger partial charge in [-0.2, -0.15) is 0 Å². The van der Waals surface area contributed by atoms with E-state index in [-0.39, 0.29) is 23.7 Å². The number of nitrogens with zero attached hydrogens (tertiary/aromatic N) is 3. The van der Waals surface area contributed by atoms with Gasteiger partial charge in [-0.05, 0) is 55.3 Å². The fraction of sp³-hybridized carbons (Fsp3) is 0.519. The summed E-state index contributed by atoms with van der Waals surface area (Å²) in [5.74, 6) is 0.557. The second-order valence-corrected chi connectivity index (χ2v) is 9.59. The van der Waals surface area contributed by atoms with Gasteiger partial charge >= 0.3 is 0 Å². The maximum absolute atomic E-state index is 13.5. The first-order valence-corrected chi connectivity index (χ1v) is 12.6. The summed E-state index contributed by atoms with van der Waals surface area (Å²) >= 11 is 0. The molecule has 0 saturated carbocycles. The molecule has 0 unspecified atom stereocenters. The van der Waals surface area contributed by atoms with Crippen molar-refractivity contribution in [1.29, 1.82) is 0 Å². The van der Waals surface area contributed by atoms with Crippen LogP contribution in [0.3, 0.4) is 0 Å². The Morgan fingerprint density at radius 2 is 1.91 bits per heavy atom. The Morgan fingerprint density at radius 3 is 2.69 bits per heavy atom. The van der Waals surface area contributed by atoms with Crippen molar-refractivity contribution < 1.29 is 18.7 Å². The second-order valence-electron chi connectivity index (χ2n) is 9.59. The molecule has 0 aliphatic carbocycles. The maximum Gasteiger partial charge on any atom is 0.225 e. The molecular weight excluding hydrogens is 447 g/mol. The molecule has 0 spiro atoms. The third-order valence-electron chi connectivity index (χ3n) is 7.51. The van der Waals surface area contributed by atoms with E-state index in [1.807, 2.05) is 18.2 Å². The van der Waals surface area contributed by atoms with Crippen molar-refractivity contribution in [2.45, 2.75) is 18.9 Å². The second kappa shape index (κ2) is 10.8. The number of ether oxygens (including phenoxy) is 2. The molecule has 2 aromatic carbocycles. The van der Waals surface area contributed by atoms with E-state index in [9.17, 15) is 9.18 Å². The van der Waals surface area contributed by atoms with E-state index in [0.29, 0.717) is 19.5 Å². The van der Waals surface area contributed by atoms with Gasteiger partial charge in [0.2, 0.25) is 5.91 Å². The van der Waals surface area contributed by atoms with E-state index in [2.05, 4.69) is 32.1 Å². The van der Waals surface area contributed by atoms with E-state index in [1.165, 1.54) is 17.7 Å². The zero-order valence-electron chi connectivity index (χ0n) is 20.4. The molecule has 7 nitrogen and oxygen atoms in total. The molecule has 0 radical (unpaired) electrons. The summed E-state index contributed by atoms with van der Waals surface area (Å²) in [5.41, 5.74) is 3.34. The van der Waals surface area contributed by atoms with E-state index in [0.717, 1.165) is 69.5 Å². The molecule has 2 fully saturated rings. The van der Waals surface area contributed by atoms with Crippen molar-refractivity contribution in [1.82, 2.24) is 10.2 Å². The normalized spacial score (nSPS) is 22.3. The van der Waals surface area contributed by atoms with E-state index in [1.54, 1.807) is 7.11 Å². The smallest absolute Gasteiger partial charge is 0.225 e. The number of nitrogens with one attached hydrogen (secondary N) is 1. The number of hydrogen-bond acceptors (Lipinski definition) is 6. The van der Waals surface area contributed by atoms with Gasteiger partial charge in [0.25, 0.3) is 0 Å². The van der Waals surface area contributed by atoms with Crippen LogP contribution in [0.25, 0.3) is 0 Å². The monoisotopic (exact) mass is 482 g/mol. The van der Waals surface area contributed by atoms with Crippen LogP contribution < -0.4 is 19.9 Å². The zero-order chi connectivity index (χ0) is 24.2. The number of anilines is 2. The third kappa shape index (κ3) is 5.38. The van der Waals surface area contributed by atoms with Crippen molar-refractivity contribution >= 4 is 17.3 Å². The Balaban J connectivity index is 1.30. The number of benzene rings is 2. The Hall–Kier alpha value is -2.84. The molecule has 3 aliphatic rings. The Kier molecular flexibility index (Phi) is 7.39. The molecular formula is C27H35FN4O3. The first kappa shape index (κ1) is 23.9. The molecule has 35 heavy (non-hydrogen) atoms. The van der Waals surface area contributed by atoms with Crippen LogP contribution in [0.5, 0.6) is 5.75 Å². The molecule has 3 heterocycles. The van der Waals surface area contributed by atoms with Crippen molar-refractivity contribution in [3.05, 3.63) is 53.8 Å². The Morgan fingerprint density at radius 1 is 1.11 bits per heavy atom. The summed E-state index contributed by atoms with van der Waals surface area (Å²) in [6, 6.07) is 12.8. The molecule has 2 saturated heterocycles. The first-order chi connectivity index (χ1) is 17.1. The number of amides is 1. The summed E-state index contributed by atoms with van der Waals surface area (Å²) in [4.78, 5) is 20.5. The van der Waals surface area contributed by atoms with Gasteiger partial charge in [0.05, 0.1) is 32.3 Å². The molecule has 2 aromatic rings. The summed E-state index contributed by atoms with van der Waals surface area (Å²) < 4.78 is 24.4. The number of hydrogen-bond donors (Lipinski definition) is 1. The largest absolute Gasteiger partial charge is 0.497 e. The Labute approximate surface area is 206 Å². The highest BCUT2D eigenvalue weighted by atomic mass is 19.1. The minimum Gasteiger partial charge on any atom is -0.497 e. The molecule has 1 N–H and O–H groups in total. The number of halogens is 1. The highest BCUT2D eigenvalue weighted by Gasteiger charge is 2.41. The molecule has 8 heteroatoms. The van der Waals surface area contributed by atoms with Gasteiger partial charge in [-0.15, -0.1) is 0 Å². The van der Waals surface area contributed by atoms with E-state index in [4.69, 9.17) is 9.47 Å². The van der Waals surface area contributed by atoms with Gasteiger partial charge in [0, 0.05) is 56.7 Å². The fourth-order valence-corrected chi connectivity index (χ4v) is 5.56. The van der Waals surface area contributed by atoms with Crippen LogP contribution in [0.15, 0.2) is 42.5 Å². The topological polar surface area (TPSA) is 57.3 Å². The van der Waals surface area contributed by atoms with Crippen molar-refractivity contribution in [2.75, 3.05) is 75.9 Å². The average molecular weight is 483 g/mol. The molecule has 2 atom stereocenters. The third-order valence-corrected chi connectivity index (χ3v) is 7.51. The fourth-order valence-electron chi connectivity index (χ4n) is 5.56. The summed E-state index contributed by atoms with van der Waals surface area (Å²) in [6.45, 7) is 7.49. The van der Waals surface area contributed by atoms with Gasteiger partial charge in [-0.3, -0.25) is 9.69 Å². The van der Waals surface area contributed by atoms with Crippen LogP contribution in [0.2, 0.25) is 0 Å². The van der Waals surface area contributed by atoms with Crippen molar-refractivity contribution in [2.24, 2.45) is 5.92 Å². The first-order valence-electron chi connectivity index (χ1n) is 12.6. The van der Waals surface area contributed by atoms with E-state index < -0.39 is 0 Å². The molecule has 3 aliphatic heterocycles. The molecule has 0 aromatic heterocycles. The van der Waals surface area contributed by atoms with Gasteiger partial charge in [0.15, 0.2) is 0 Å². The number of methoxy groups -OCH3 is 1. The van der Waals surface area contributed by atoms with Crippen LogP contribution in [0.1, 0.15) is 12.0 Å². The maximum atomic E-state index is 13.5. The number of carbonyl (C=O) groups excluding carboxylic acids is 1. The number of piperazine rings is 1. The highest BCUT2D eigenvalue weighted by molar-refractivity contribution is 5.82. The van der Waals surface area contributed by atoms with Gasteiger partial charge in [0.1, 0.15) is 11.6 Å². The number of fused-ring (bicyclic) bond motifs is 3. The van der Waals surface area contributed by atoms with Crippen LogP contribution >= 0.6 is 0 Å². The lowest BCUT2D eigenvalue weighted by molar-refractivity contribution is -0.125. The number of carbonyl (C=O) groups is 1. The predicted molar refractivity (Wildman–Crippen MR) is 135 cm³/mol. The molecule has 0 bridgehead atoms. The molecule has 5 rings (SSSR count). The van der Waals surface area contributed by atoms with Gasteiger partial charge < -0.3 is 24.6 Å². The molecule has 1 amide bonds. The van der Waals surface area contributed by atoms with Crippen LogP contribution in [-0.2, 0) is 16.0 Å². The van der Waals surface area contributed by atoms with Gasteiger partial charge in [-0.1, -0.05) is 6.07 Å². The van der Waals surface area contributed by atoms with Gasteiger partial charge in [-0.25, -0.2) is 4.39 Å². The molecule has 188 valence electrons. The van der Waals surface area contributed by atoms with E-state index >= 15 is 0 Å². The lowest BCUT2D eigenvalue weighted by atomic mass is 9.83. The summed E-state index contributed by atoms with van der Waals surface area (Å²) in [6.07, 6.45) is 1.63. The average Bonchev–Trinajstić information content (AvgIpc) is 2.91. The quantitative estimate of drug-likeness (QED) is 0.613. The Bertz CT molecular complexity index is 1010. The minimum atomic E-state index is -0.236. The van der Waals surface area contributed by atoms with Crippen molar-refractivity contribution in [3.8, 4) is 5.75 Å². The minimum absolute atomic E-state index is 0.0349. The summed E-state index contributed by atoms with van der Waals surface area (Å²) in [7, 11) is 1.68. The standard InChI is InChI=1S/C27H35FN4O3/c1-34-23-8-3-20-17-24(27(33)29-9-2-10-30-13-15-35-16-14-30)26-19-31(11-12-32(26)25(20)18-23)22-6-4-21(28)5-7-22/h3-8,18,24,26H,2,9-17,19H2,1H3,(H,29,33)/t24-,26+/m1/s1. The highest BCUT2D eigenvalue weighted by Crippen LogP contribution is 2.39. The van der Waals surface area contributed by atoms with Crippen LogP contribution in [0, 0.1) is 11.7 Å². The SMILES string of the molecule is COc1ccc2c(c1)N1CCN(c3ccc(F)cc3)C[C@H]1[C@H](C(=O)NCCCN1CCOCC1)C2. The predicted octanol–water partition coefficient (Wildman–Crippen LogP) is 2.54. The number of morpholine rings is 1. The lowest BCUT2D eigenvalue weighted by Crippen LogP contribution is -2.61. The summed E-state index contributed by atoms with van der Waals surface area (Å²) in [5, 5.41) is 3.22. The lowest BCUT2D eigenvalue weighted by Gasteiger charge is -2.49.